The lowest BCUT2D eigenvalue weighted by Gasteiger charge is -1.99. The van der Waals surface area contributed by atoms with Gasteiger partial charge in [-0.05, 0) is 36.8 Å². The number of furan rings is 1. The van der Waals surface area contributed by atoms with Gasteiger partial charge in [0.25, 0.3) is 5.89 Å². The smallest absolute Gasteiger partial charge is 0.374 e. The van der Waals surface area contributed by atoms with Gasteiger partial charge in [-0.25, -0.2) is 4.79 Å². The van der Waals surface area contributed by atoms with Crippen LogP contribution in [0.1, 0.15) is 22.0 Å². The van der Waals surface area contributed by atoms with Gasteiger partial charge in [0.05, 0.1) is 0 Å². The molecule has 0 atom stereocenters. The number of hydrogen-bond donors (Lipinski definition) is 0. The van der Waals surface area contributed by atoms with Crippen LogP contribution in [0, 0.1) is 6.92 Å². The second-order valence-electron chi connectivity index (χ2n) is 5.70. The first-order valence-corrected chi connectivity index (χ1v) is 8.23. The predicted molar refractivity (Wildman–Crippen MR) is 94.8 cm³/mol. The number of halogens is 1. The van der Waals surface area contributed by atoms with E-state index in [1.54, 1.807) is 24.3 Å². The average molecular weight is 369 g/mol. The van der Waals surface area contributed by atoms with Crippen molar-refractivity contribution in [1.29, 1.82) is 0 Å². The summed E-state index contributed by atoms with van der Waals surface area (Å²) >= 11 is 5.93. The van der Waals surface area contributed by atoms with E-state index in [4.69, 9.17) is 25.3 Å². The van der Waals surface area contributed by atoms with E-state index >= 15 is 0 Å². The number of fused-ring (bicyclic) bond motifs is 1. The van der Waals surface area contributed by atoms with Crippen molar-refractivity contribution >= 4 is 28.5 Å². The van der Waals surface area contributed by atoms with Gasteiger partial charge in [0.1, 0.15) is 5.58 Å². The van der Waals surface area contributed by atoms with Gasteiger partial charge in [0, 0.05) is 16.0 Å². The largest absolute Gasteiger partial charge is 0.450 e. The molecule has 26 heavy (non-hydrogen) atoms. The minimum absolute atomic E-state index is 0.0842. The molecule has 0 saturated heterocycles. The van der Waals surface area contributed by atoms with Crippen LogP contribution in [-0.4, -0.2) is 16.1 Å². The molecule has 0 saturated carbocycles. The Balaban J connectivity index is 1.47. The van der Waals surface area contributed by atoms with E-state index in [1.807, 2.05) is 31.2 Å². The quantitative estimate of drug-likeness (QED) is 0.481. The van der Waals surface area contributed by atoms with Crippen LogP contribution < -0.4 is 0 Å². The summed E-state index contributed by atoms with van der Waals surface area (Å²) in [7, 11) is 0. The normalized spacial score (nSPS) is 11.0. The van der Waals surface area contributed by atoms with Crippen LogP contribution in [0.4, 0.5) is 0 Å². The van der Waals surface area contributed by atoms with Gasteiger partial charge < -0.3 is 13.7 Å². The molecule has 7 heteroatoms. The average Bonchev–Trinajstić information content (AvgIpc) is 3.26. The predicted octanol–water partition coefficient (Wildman–Crippen LogP) is 4.80. The van der Waals surface area contributed by atoms with E-state index in [2.05, 4.69) is 10.1 Å². The van der Waals surface area contributed by atoms with Crippen molar-refractivity contribution in [2.24, 2.45) is 0 Å². The molecular formula is C19H13ClN2O4. The lowest BCUT2D eigenvalue weighted by Crippen LogP contribution is -2.04. The number of benzene rings is 2. The molecule has 0 unspecified atom stereocenters. The zero-order valence-electron chi connectivity index (χ0n) is 13.7. The lowest BCUT2D eigenvalue weighted by molar-refractivity contribution is 0.0396. The molecular weight excluding hydrogens is 356 g/mol. The molecule has 2 heterocycles. The van der Waals surface area contributed by atoms with Gasteiger partial charge in [0.2, 0.25) is 11.6 Å². The molecule has 0 aliphatic carbocycles. The van der Waals surface area contributed by atoms with Crippen molar-refractivity contribution in [3.63, 3.8) is 0 Å². The number of nitrogens with zero attached hydrogens (tertiary/aromatic N) is 2. The fraction of sp³-hybridized carbons (Fsp3) is 0.105. The first kappa shape index (κ1) is 16.4. The van der Waals surface area contributed by atoms with Crippen molar-refractivity contribution in [1.82, 2.24) is 10.1 Å². The van der Waals surface area contributed by atoms with Crippen LogP contribution in [-0.2, 0) is 11.3 Å². The first-order valence-electron chi connectivity index (χ1n) is 7.85. The molecule has 0 radical (unpaired) electrons. The Morgan fingerprint density at radius 1 is 1.19 bits per heavy atom. The lowest BCUT2D eigenvalue weighted by atomic mass is 10.1. The number of hydrogen-bond acceptors (Lipinski definition) is 6. The van der Waals surface area contributed by atoms with E-state index in [0.29, 0.717) is 16.4 Å². The summed E-state index contributed by atoms with van der Waals surface area (Å²) in [5, 5.41) is 5.22. The summed E-state index contributed by atoms with van der Waals surface area (Å²) in [6.45, 7) is 1.81. The maximum atomic E-state index is 12.2. The Morgan fingerprint density at radius 2 is 2.04 bits per heavy atom. The number of rotatable bonds is 4. The second-order valence-corrected chi connectivity index (χ2v) is 6.13. The molecule has 0 amide bonds. The maximum absolute atomic E-state index is 12.2. The van der Waals surface area contributed by atoms with Gasteiger partial charge in [0.15, 0.2) is 6.61 Å². The van der Waals surface area contributed by atoms with Crippen LogP contribution in [0.3, 0.4) is 0 Å². The molecule has 0 aliphatic heterocycles. The fourth-order valence-corrected chi connectivity index (χ4v) is 2.74. The highest BCUT2D eigenvalue weighted by molar-refractivity contribution is 6.31. The molecule has 0 fully saturated rings. The van der Waals surface area contributed by atoms with Crippen molar-refractivity contribution in [3.8, 4) is 11.4 Å². The van der Waals surface area contributed by atoms with Crippen LogP contribution >= 0.6 is 11.6 Å². The molecule has 0 N–H and O–H groups in total. The Morgan fingerprint density at radius 3 is 2.88 bits per heavy atom. The molecule has 0 spiro atoms. The number of ether oxygens (including phenoxy) is 1. The molecule has 130 valence electrons. The molecule has 2 aromatic heterocycles. The summed E-state index contributed by atoms with van der Waals surface area (Å²) in [4.78, 5) is 16.4. The number of aryl methyl sites for hydroxylation is 1. The molecule has 0 aliphatic rings. The van der Waals surface area contributed by atoms with Crippen molar-refractivity contribution in [2.45, 2.75) is 13.5 Å². The zero-order chi connectivity index (χ0) is 18.1. The Bertz CT molecular complexity index is 1100. The highest BCUT2D eigenvalue weighted by Gasteiger charge is 2.17. The van der Waals surface area contributed by atoms with Crippen molar-refractivity contribution in [3.05, 3.63) is 70.8 Å². The third-order valence-electron chi connectivity index (χ3n) is 3.86. The minimum Gasteiger partial charge on any atom is -0.450 e. The van der Waals surface area contributed by atoms with E-state index in [1.165, 1.54) is 0 Å². The monoisotopic (exact) mass is 368 g/mol. The molecule has 2 aromatic carbocycles. The summed E-state index contributed by atoms with van der Waals surface area (Å²) in [6, 6.07) is 14.4. The van der Waals surface area contributed by atoms with Gasteiger partial charge in [-0.15, -0.1) is 0 Å². The van der Waals surface area contributed by atoms with Crippen molar-refractivity contribution in [2.75, 3.05) is 0 Å². The Kier molecular flexibility index (Phi) is 4.18. The number of carbonyl (C=O) groups is 1. The van der Waals surface area contributed by atoms with E-state index < -0.39 is 5.97 Å². The minimum atomic E-state index is -0.618. The summed E-state index contributed by atoms with van der Waals surface area (Å²) in [5.41, 5.74) is 2.45. The standard InChI is InChI=1S/C19H13ClN2O4/c1-11-4-2-3-5-14(11)18-21-17(26-22-18)10-24-19(23)16-9-12-8-13(20)6-7-15(12)25-16/h2-9H,10H2,1H3. The fourth-order valence-electron chi connectivity index (χ4n) is 2.56. The molecule has 4 rings (SSSR count). The van der Waals surface area contributed by atoms with Crippen molar-refractivity contribution < 1.29 is 18.5 Å². The molecule has 4 aromatic rings. The summed E-state index contributed by atoms with van der Waals surface area (Å²) < 4.78 is 15.8. The number of carbonyl (C=O) groups excluding carboxylic acids is 1. The third kappa shape index (κ3) is 3.19. The highest BCUT2D eigenvalue weighted by atomic mass is 35.5. The topological polar surface area (TPSA) is 78.4 Å². The van der Waals surface area contributed by atoms with E-state index in [9.17, 15) is 4.79 Å². The second kappa shape index (κ2) is 6.65. The number of esters is 1. The number of aromatic nitrogens is 2. The summed E-state index contributed by atoms with van der Waals surface area (Å²) in [5.74, 6) is 0.122. The van der Waals surface area contributed by atoms with Gasteiger partial charge in [-0.3, -0.25) is 0 Å². The maximum Gasteiger partial charge on any atom is 0.374 e. The van der Waals surface area contributed by atoms with E-state index in [0.717, 1.165) is 16.5 Å². The third-order valence-corrected chi connectivity index (χ3v) is 4.10. The molecule has 6 nitrogen and oxygen atoms in total. The van der Waals surface area contributed by atoms with Crippen LogP contribution in [0.25, 0.3) is 22.4 Å². The highest BCUT2D eigenvalue weighted by Crippen LogP contribution is 2.24. The SMILES string of the molecule is Cc1ccccc1-c1noc(COC(=O)c2cc3cc(Cl)ccc3o2)n1. The van der Waals surface area contributed by atoms with Crippen LogP contribution in [0.5, 0.6) is 0 Å². The van der Waals surface area contributed by atoms with Crippen LogP contribution in [0.15, 0.2) is 57.5 Å². The van der Waals surface area contributed by atoms with Gasteiger partial charge in [-0.2, -0.15) is 4.98 Å². The Labute approximate surface area is 153 Å². The van der Waals surface area contributed by atoms with Gasteiger partial charge in [-0.1, -0.05) is 41.0 Å². The van der Waals surface area contributed by atoms with Gasteiger partial charge >= 0.3 is 5.97 Å². The summed E-state index contributed by atoms with van der Waals surface area (Å²) in [6.07, 6.45) is 0. The first-order chi connectivity index (χ1) is 12.6. The van der Waals surface area contributed by atoms with E-state index in [-0.39, 0.29) is 18.3 Å². The zero-order valence-corrected chi connectivity index (χ0v) is 14.5. The Hall–Kier alpha value is -3.12. The molecule has 0 bridgehead atoms. The van der Waals surface area contributed by atoms with Crippen LogP contribution in [0.2, 0.25) is 5.02 Å².